The molecule has 2 aromatic rings. The molecule has 146 valence electrons. The molecule has 8 heteroatoms. The first-order chi connectivity index (χ1) is 13.1. The molecule has 27 heavy (non-hydrogen) atoms. The largest absolute Gasteiger partial charge is 0.493 e. The van der Waals surface area contributed by atoms with E-state index in [0.717, 1.165) is 31.6 Å². The molecular formula is C19H25ClN4O3. The first kappa shape index (κ1) is 19.7. The molecule has 1 aromatic heterocycles. The summed E-state index contributed by atoms with van der Waals surface area (Å²) in [5.74, 6) is 2.29. The van der Waals surface area contributed by atoms with E-state index in [1.165, 1.54) is 0 Å². The van der Waals surface area contributed by atoms with Crippen LogP contribution in [0.4, 0.5) is 0 Å². The van der Waals surface area contributed by atoms with Crippen LogP contribution in [0.3, 0.4) is 0 Å². The van der Waals surface area contributed by atoms with Gasteiger partial charge in [-0.25, -0.2) is 0 Å². The van der Waals surface area contributed by atoms with Crippen molar-refractivity contribution >= 4 is 23.8 Å². The third-order valence-corrected chi connectivity index (χ3v) is 4.67. The van der Waals surface area contributed by atoms with Crippen molar-refractivity contribution in [2.45, 2.75) is 19.4 Å². The number of likely N-dealkylation sites (N-methyl/N-ethyl adjacent to an activating group) is 1. The average Bonchev–Trinajstić information content (AvgIpc) is 3.14. The highest BCUT2D eigenvalue weighted by molar-refractivity contribution is 6.32. The molecule has 1 aliphatic rings. The minimum atomic E-state index is 0.120. The molecule has 1 fully saturated rings. The first-order valence-electron chi connectivity index (χ1n) is 9.05. The van der Waals surface area contributed by atoms with Gasteiger partial charge >= 0.3 is 0 Å². The van der Waals surface area contributed by atoms with Gasteiger partial charge in [-0.1, -0.05) is 23.7 Å². The van der Waals surface area contributed by atoms with Gasteiger partial charge in [0.2, 0.25) is 0 Å². The van der Waals surface area contributed by atoms with Gasteiger partial charge in [-0.3, -0.25) is 4.90 Å². The summed E-state index contributed by atoms with van der Waals surface area (Å²) in [6, 6.07) is 3.81. The van der Waals surface area contributed by atoms with Gasteiger partial charge in [0.1, 0.15) is 0 Å². The van der Waals surface area contributed by atoms with E-state index < -0.39 is 0 Å². The molecule has 0 spiro atoms. The van der Waals surface area contributed by atoms with Gasteiger partial charge in [0.25, 0.3) is 5.89 Å². The van der Waals surface area contributed by atoms with Crippen LogP contribution in [0.15, 0.2) is 16.7 Å². The molecule has 1 atom stereocenters. The monoisotopic (exact) mass is 392 g/mol. The van der Waals surface area contributed by atoms with Gasteiger partial charge in [0.15, 0.2) is 17.3 Å². The number of rotatable bonds is 7. The second-order valence-corrected chi connectivity index (χ2v) is 6.81. The quantitative estimate of drug-likeness (QED) is 0.775. The predicted octanol–water partition coefficient (Wildman–Crippen LogP) is 3.27. The maximum atomic E-state index is 6.35. The normalized spacial score (nSPS) is 18.1. The maximum absolute atomic E-state index is 6.35. The number of ether oxygens (including phenoxy) is 2. The Labute approximate surface area is 164 Å². The molecular weight excluding hydrogens is 368 g/mol. The summed E-state index contributed by atoms with van der Waals surface area (Å²) in [5.41, 5.74) is 0.858. The summed E-state index contributed by atoms with van der Waals surface area (Å²) >= 11 is 6.35. The fourth-order valence-corrected chi connectivity index (χ4v) is 3.17. The maximum Gasteiger partial charge on any atom is 0.250 e. The molecule has 3 rings (SSSR count). The van der Waals surface area contributed by atoms with Crippen molar-refractivity contribution in [2.24, 2.45) is 0 Å². The van der Waals surface area contributed by atoms with E-state index in [2.05, 4.69) is 27.4 Å². The number of hydrogen-bond donors (Lipinski definition) is 1. The summed E-state index contributed by atoms with van der Waals surface area (Å²) in [4.78, 5) is 6.70. The highest BCUT2D eigenvalue weighted by atomic mass is 35.5. The topological polar surface area (TPSA) is 72.7 Å². The summed E-state index contributed by atoms with van der Waals surface area (Å²) in [7, 11) is 3.66. The third kappa shape index (κ3) is 4.80. The molecule has 0 radical (unpaired) electrons. The van der Waals surface area contributed by atoms with Crippen LogP contribution in [-0.2, 0) is 0 Å². The lowest BCUT2D eigenvalue weighted by atomic mass is 10.2. The number of hydrogen-bond acceptors (Lipinski definition) is 7. The zero-order chi connectivity index (χ0) is 19.2. The van der Waals surface area contributed by atoms with Gasteiger partial charge in [0.05, 0.1) is 24.8 Å². The number of benzene rings is 1. The molecule has 1 saturated heterocycles. The van der Waals surface area contributed by atoms with Crippen molar-refractivity contribution in [1.82, 2.24) is 20.4 Å². The summed E-state index contributed by atoms with van der Waals surface area (Å²) in [5, 5.41) is 7.96. The van der Waals surface area contributed by atoms with E-state index in [1.54, 1.807) is 13.2 Å². The smallest absolute Gasteiger partial charge is 0.250 e. The Morgan fingerprint density at radius 1 is 1.41 bits per heavy atom. The molecule has 2 heterocycles. The number of halogens is 1. The van der Waals surface area contributed by atoms with E-state index in [1.807, 2.05) is 25.1 Å². The highest BCUT2D eigenvalue weighted by Crippen LogP contribution is 2.37. The number of piperazine rings is 1. The SMILES string of the molecule is CCCOc1c(Cl)cc(/C=C/c2nc(C3CNCCN3C)no2)cc1OC. The lowest BCUT2D eigenvalue weighted by Gasteiger charge is -2.30. The van der Waals surface area contributed by atoms with Crippen LogP contribution in [0, 0.1) is 0 Å². The van der Waals surface area contributed by atoms with Crippen LogP contribution in [0.2, 0.25) is 5.02 Å². The standard InChI is InChI=1S/C19H25ClN4O3/c1-4-9-26-18-14(20)10-13(11-16(18)25-3)5-6-17-22-19(23-27-17)15-12-21-7-8-24(15)2/h5-6,10-11,15,21H,4,7-9,12H2,1-3H3/b6-5+. The van der Waals surface area contributed by atoms with Crippen LogP contribution in [-0.4, -0.2) is 55.4 Å². The average molecular weight is 393 g/mol. The molecule has 1 aromatic carbocycles. The minimum absolute atomic E-state index is 0.120. The second-order valence-electron chi connectivity index (χ2n) is 6.41. The van der Waals surface area contributed by atoms with E-state index in [9.17, 15) is 0 Å². The van der Waals surface area contributed by atoms with Crippen LogP contribution >= 0.6 is 11.6 Å². The number of nitrogens with one attached hydrogen (secondary N) is 1. The van der Waals surface area contributed by atoms with Gasteiger partial charge in [-0.05, 0) is 37.2 Å². The van der Waals surface area contributed by atoms with E-state index >= 15 is 0 Å². The fourth-order valence-electron chi connectivity index (χ4n) is 2.89. The predicted molar refractivity (Wildman–Crippen MR) is 105 cm³/mol. The molecule has 0 bridgehead atoms. The van der Waals surface area contributed by atoms with E-state index in [0.29, 0.717) is 34.8 Å². The van der Waals surface area contributed by atoms with Crippen LogP contribution in [0.1, 0.15) is 36.7 Å². The summed E-state index contributed by atoms with van der Waals surface area (Å²) in [6.07, 6.45) is 4.52. The Bertz CT molecular complexity index is 793. The van der Waals surface area contributed by atoms with Crippen LogP contribution < -0.4 is 14.8 Å². The molecule has 7 nitrogen and oxygen atoms in total. The van der Waals surface area contributed by atoms with Crippen molar-refractivity contribution in [3.63, 3.8) is 0 Å². The zero-order valence-corrected chi connectivity index (χ0v) is 16.6. The third-order valence-electron chi connectivity index (χ3n) is 4.39. The number of nitrogens with zero attached hydrogens (tertiary/aromatic N) is 3. The second kappa shape index (κ2) is 9.21. The highest BCUT2D eigenvalue weighted by Gasteiger charge is 2.24. The molecule has 0 saturated carbocycles. The lowest BCUT2D eigenvalue weighted by Crippen LogP contribution is -2.44. The van der Waals surface area contributed by atoms with Gasteiger partial charge < -0.3 is 19.3 Å². The Hall–Kier alpha value is -2.09. The van der Waals surface area contributed by atoms with Crippen LogP contribution in [0.5, 0.6) is 11.5 Å². The molecule has 0 aliphatic carbocycles. The van der Waals surface area contributed by atoms with Gasteiger partial charge in [0, 0.05) is 25.7 Å². The Kier molecular flexibility index (Phi) is 6.71. The Morgan fingerprint density at radius 3 is 3.00 bits per heavy atom. The number of aromatic nitrogens is 2. The van der Waals surface area contributed by atoms with Crippen LogP contribution in [0.25, 0.3) is 12.2 Å². The lowest BCUT2D eigenvalue weighted by molar-refractivity contribution is 0.190. The van der Waals surface area contributed by atoms with Crippen molar-refractivity contribution in [3.05, 3.63) is 34.4 Å². The molecule has 1 N–H and O–H groups in total. The zero-order valence-electron chi connectivity index (χ0n) is 15.9. The van der Waals surface area contributed by atoms with E-state index in [4.69, 9.17) is 25.6 Å². The van der Waals surface area contributed by atoms with Crippen molar-refractivity contribution in [3.8, 4) is 11.5 Å². The Morgan fingerprint density at radius 2 is 2.26 bits per heavy atom. The van der Waals surface area contributed by atoms with Crippen molar-refractivity contribution in [1.29, 1.82) is 0 Å². The first-order valence-corrected chi connectivity index (χ1v) is 9.43. The van der Waals surface area contributed by atoms with Gasteiger partial charge in [-0.2, -0.15) is 4.98 Å². The minimum Gasteiger partial charge on any atom is -0.493 e. The molecule has 1 unspecified atom stereocenters. The van der Waals surface area contributed by atoms with E-state index in [-0.39, 0.29) is 6.04 Å². The van der Waals surface area contributed by atoms with Crippen molar-refractivity contribution in [2.75, 3.05) is 40.4 Å². The summed E-state index contributed by atoms with van der Waals surface area (Å²) in [6.45, 7) is 5.36. The Balaban J connectivity index is 1.75. The summed E-state index contributed by atoms with van der Waals surface area (Å²) < 4.78 is 16.4. The molecule has 1 aliphatic heterocycles. The number of methoxy groups -OCH3 is 1. The molecule has 0 amide bonds. The van der Waals surface area contributed by atoms with Gasteiger partial charge in [-0.15, -0.1) is 0 Å². The van der Waals surface area contributed by atoms with Crippen molar-refractivity contribution < 1.29 is 14.0 Å². The fraction of sp³-hybridized carbons (Fsp3) is 0.474.